The first-order valence-corrected chi connectivity index (χ1v) is 8.34. The number of benzene rings is 1. The van der Waals surface area contributed by atoms with Crippen molar-refractivity contribution >= 4 is 6.03 Å². The van der Waals surface area contributed by atoms with E-state index >= 15 is 0 Å². The molecule has 3 N–H and O–H groups in total. The second kappa shape index (κ2) is 10.1. The molecule has 2 amide bonds. The van der Waals surface area contributed by atoms with Crippen LogP contribution in [0.5, 0.6) is 5.75 Å². The minimum Gasteiger partial charge on any atom is -0.508 e. The number of unbranched alkanes of at least 4 members (excludes halogenated alkanes) is 1. The van der Waals surface area contributed by atoms with Crippen LogP contribution < -0.4 is 10.6 Å². The van der Waals surface area contributed by atoms with Crippen molar-refractivity contribution in [1.82, 2.24) is 15.5 Å². The van der Waals surface area contributed by atoms with E-state index in [0.717, 1.165) is 51.3 Å². The molecule has 1 aliphatic rings. The zero-order valence-corrected chi connectivity index (χ0v) is 13.6. The Balaban J connectivity index is 1.46. The van der Waals surface area contributed by atoms with E-state index < -0.39 is 0 Å². The Labute approximate surface area is 137 Å². The Bertz CT molecular complexity index is 476. The molecule has 1 aliphatic heterocycles. The third kappa shape index (κ3) is 7.34. The number of nitrogens with zero attached hydrogens (tertiary/aromatic N) is 1. The summed E-state index contributed by atoms with van der Waals surface area (Å²) in [5.74, 6) is 0.257. The molecule has 0 aliphatic carbocycles. The number of phenols is 1. The van der Waals surface area contributed by atoms with Crippen LogP contribution in [0.1, 0.15) is 18.4 Å². The third-order valence-electron chi connectivity index (χ3n) is 3.90. The van der Waals surface area contributed by atoms with E-state index in [1.54, 1.807) is 18.2 Å². The zero-order valence-electron chi connectivity index (χ0n) is 13.6. The zero-order chi connectivity index (χ0) is 16.3. The predicted molar refractivity (Wildman–Crippen MR) is 89.7 cm³/mol. The van der Waals surface area contributed by atoms with Crippen molar-refractivity contribution in [1.29, 1.82) is 0 Å². The molecule has 6 heteroatoms. The van der Waals surface area contributed by atoms with Crippen LogP contribution in [0.25, 0.3) is 0 Å². The number of hydrogen-bond donors (Lipinski definition) is 3. The van der Waals surface area contributed by atoms with Crippen LogP contribution in [-0.2, 0) is 11.2 Å². The molecule has 1 heterocycles. The number of amides is 2. The van der Waals surface area contributed by atoms with Crippen molar-refractivity contribution in [3.05, 3.63) is 29.8 Å². The quantitative estimate of drug-likeness (QED) is 0.632. The van der Waals surface area contributed by atoms with Crippen LogP contribution >= 0.6 is 0 Å². The van der Waals surface area contributed by atoms with Gasteiger partial charge in [-0.3, -0.25) is 4.90 Å². The molecule has 0 radical (unpaired) electrons. The normalized spacial score (nSPS) is 15.3. The molecule has 0 spiro atoms. The Hall–Kier alpha value is -1.79. The van der Waals surface area contributed by atoms with Crippen LogP contribution in [0.3, 0.4) is 0 Å². The van der Waals surface area contributed by atoms with Crippen LogP contribution in [0.2, 0.25) is 0 Å². The Kier molecular flexibility index (Phi) is 7.69. The van der Waals surface area contributed by atoms with E-state index in [1.807, 2.05) is 6.07 Å². The first kappa shape index (κ1) is 17.6. The van der Waals surface area contributed by atoms with Crippen molar-refractivity contribution in [2.24, 2.45) is 0 Å². The van der Waals surface area contributed by atoms with Gasteiger partial charge in [-0.25, -0.2) is 4.79 Å². The summed E-state index contributed by atoms with van der Waals surface area (Å²) in [5, 5.41) is 15.1. The highest BCUT2D eigenvalue weighted by atomic mass is 16.5. The van der Waals surface area contributed by atoms with Crippen molar-refractivity contribution in [3.8, 4) is 5.75 Å². The van der Waals surface area contributed by atoms with E-state index in [9.17, 15) is 9.90 Å². The van der Waals surface area contributed by atoms with Crippen molar-refractivity contribution in [2.75, 3.05) is 45.9 Å². The fraction of sp³-hybridized carbons (Fsp3) is 0.588. The number of carbonyl (C=O) groups excluding carboxylic acids is 1. The molecule has 6 nitrogen and oxygen atoms in total. The standard InChI is InChI=1S/C17H27N3O3/c21-16-5-3-4-15(14-16)6-8-19-17(22)18-7-1-2-9-20-10-12-23-13-11-20/h3-5,14,21H,1-2,6-13H2,(H2,18,19,22). The molecule has 0 atom stereocenters. The Morgan fingerprint density at radius 3 is 2.74 bits per heavy atom. The molecular formula is C17H27N3O3. The smallest absolute Gasteiger partial charge is 0.314 e. The van der Waals surface area contributed by atoms with Crippen LogP contribution in [0.4, 0.5) is 4.79 Å². The van der Waals surface area contributed by atoms with Crippen LogP contribution in [0.15, 0.2) is 24.3 Å². The first-order valence-electron chi connectivity index (χ1n) is 8.34. The maximum absolute atomic E-state index is 11.7. The summed E-state index contributed by atoms with van der Waals surface area (Å²) in [4.78, 5) is 14.1. The highest BCUT2D eigenvalue weighted by Crippen LogP contribution is 2.10. The molecule has 128 valence electrons. The van der Waals surface area contributed by atoms with Crippen LogP contribution in [-0.4, -0.2) is 62.0 Å². The minimum atomic E-state index is -0.128. The van der Waals surface area contributed by atoms with Gasteiger partial charge in [-0.2, -0.15) is 0 Å². The number of ether oxygens (including phenoxy) is 1. The average molecular weight is 321 g/mol. The van der Waals surface area contributed by atoms with Gasteiger partial charge in [0.1, 0.15) is 5.75 Å². The lowest BCUT2D eigenvalue weighted by molar-refractivity contribution is 0.0372. The van der Waals surface area contributed by atoms with Gasteiger partial charge in [0.15, 0.2) is 0 Å². The number of aromatic hydroxyl groups is 1. The van der Waals surface area contributed by atoms with E-state index in [-0.39, 0.29) is 11.8 Å². The lowest BCUT2D eigenvalue weighted by Gasteiger charge is -2.26. The van der Waals surface area contributed by atoms with E-state index in [4.69, 9.17) is 4.74 Å². The van der Waals surface area contributed by atoms with Gasteiger partial charge in [0.05, 0.1) is 13.2 Å². The van der Waals surface area contributed by atoms with Crippen molar-refractivity contribution < 1.29 is 14.6 Å². The van der Waals surface area contributed by atoms with Crippen molar-refractivity contribution in [3.63, 3.8) is 0 Å². The van der Waals surface area contributed by atoms with E-state index in [2.05, 4.69) is 15.5 Å². The van der Waals surface area contributed by atoms with Gasteiger partial charge in [-0.1, -0.05) is 12.1 Å². The highest BCUT2D eigenvalue weighted by molar-refractivity contribution is 5.73. The molecule has 1 saturated heterocycles. The second-order valence-electron chi connectivity index (χ2n) is 5.76. The summed E-state index contributed by atoms with van der Waals surface area (Å²) in [6.45, 7) is 6.03. The summed E-state index contributed by atoms with van der Waals surface area (Å²) in [7, 11) is 0. The van der Waals surface area contributed by atoms with Gasteiger partial charge in [0, 0.05) is 26.2 Å². The minimum absolute atomic E-state index is 0.128. The SMILES string of the molecule is O=C(NCCCCN1CCOCC1)NCCc1cccc(O)c1. The monoisotopic (exact) mass is 321 g/mol. The highest BCUT2D eigenvalue weighted by Gasteiger charge is 2.09. The number of hydrogen-bond acceptors (Lipinski definition) is 4. The molecule has 2 rings (SSSR count). The van der Waals surface area contributed by atoms with E-state index in [0.29, 0.717) is 19.5 Å². The molecule has 1 fully saturated rings. The topological polar surface area (TPSA) is 73.8 Å². The predicted octanol–water partition coefficient (Wildman–Crippen LogP) is 1.35. The van der Waals surface area contributed by atoms with Crippen LogP contribution in [0, 0.1) is 0 Å². The van der Waals surface area contributed by atoms with Gasteiger partial charge in [0.25, 0.3) is 0 Å². The fourth-order valence-corrected chi connectivity index (χ4v) is 2.58. The number of morpholine rings is 1. The summed E-state index contributed by atoms with van der Waals surface area (Å²) < 4.78 is 5.31. The molecule has 0 saturated carbocycles. The van der Waals surface area contributed by atoms with Crippen molar-refractivity contribution in [2.45, 2.75) is 19.3 Å². The first-order chi connectivity index (χ1) is 11.2. The molecule has 1 aromatic rings. The number of rotatable bonds is 8. The summed E-state index contributed by atoms with van der Waals surface area (Å²) in [5.41, 5.74) is 1.01. The summed E-state index contributed by atoms with van der Waals surface area (Å²) in [6.07, 6.45) is 2.78. The average Bonchev–Trinajstić information content (AvgIpc) is 2.55. The Morgan fingerprint density at radius 1 is 1.17 bits per heavy atom. The summed E-state index contributed by atoms with van der Waals surface area (Å²) >= 11 is 0. The van der Waals surface area contributed by atoms with Gasteiger partial charge in [-0.05, 0) is 43.5 Å². The van der Waals surface area contributed by atoms with Gasteiger partial charge >= 0.3 is 6.03 Å². The lowest BCUT2D eigenvalue weighted by Crippen LogP contribution is -2.38. The molecule has 1 aromatic carbocycles. The van der Waals surface area contributed by atoms with E-state index in [1.165, 1.54) is 0 Å². The maximum atomic E-state index is 11.7. The number of carbonyl (C=O) groups is 1. The molecule has 0 bridgehead atoms. The Morgan fingerprint density at radius 2 is 1.96 bits per heavy atom. The van der Waals surface area contributed by atoms with Gasteiger partial charge in [0.2, 0.25) is 0 Å². The molecule has 0 unspecified atom stereocenters. The fourth-order valence-electron chi connectivity index (χ4n) is 2.58. The molecule has 0 aromatic heterocycles. The summed E-state index contributed by atoms with van der Waals surface area (Å²) in [6, 6.07) is 6.96. The number of urea groups is 1. The number of phenolic OH excluding ortho intramolecular Hbond substituents is 1. The largest absolute Gasteiger partial charge is 0.508 e. The van der Waals surface area contributed by atoms with Gasteiger partial charge < -0.3 is 20.5 Å². The number of nitrogens with one attached hydrogen (secondary N) is 2. The molecular weight excluding hydrogens is 294 g/mol. The maximum Gasteiger partial charge on any atom is 0.314 e. The van der Waals surface area contributed by atoms with Gasteiger partial charge in [-0.15, -0.1) is 0 Å². The second-order valence-corrected chi connectivity index (χ2v) is 5.76. The third-order valence-corrected chi connectivity index (χ3v) is 3.90. The lowest BCUT2D eigenvalue weighted by atomic mass is 10.1. The molecule has 23 heavy (non-hydrogen) atoms.